The Hall–Kier alpha value is -3.34. The minimum atomic E-state index is -0.358. The number of hydrogen-bond donors (Lipinski definition) is 1. The van der Waals surface area contributed by atoms with Crippen LogP contribution in [-0.4, -0.2) is 15.1 Å². The zero-order valence-electron chi connectivity index (χ0n) is 12.9. The first-order chi connectivity index (χ1) is 12.1. The molecular formula is C20H12F2N2O. The van der Waals surface area contributed by atoms with Gasteiger partial charge in [-0.1, -0.05) is 6.07 Å². The smallest absolute Gasteiger partial charge is 0.143 e. The summed E-state index contributed by atoms with van der Waals surface area (Å²) in [6, 6.07) is 16.7. The van der Waals surface area contributed by atoms with Gasteiger partial charge >= 0.3 is 0 Å². The van der Waals surface area contributed by atoms with Crippen LogP contribution in [0, 0.1) is 11.6 Å². The molecule has 4 rings (SSSR count). The van der Waals surface area contributed by atoms with Gasteiger partial charge in [-0.15, -0.1) is 0 Å². The summed E-state index contributed by atoms with van der Waals surface area (Å²) in [6.07, 6.45) is 0. The van der Waals surface area contributed by atoms with Crippen LogP contribution in [-0.2, 0) is 0 Å². The molecule has 0 bridgehead atoms. The van der Waals surface area contributed by atoms with Gasteiger partial charge in [-0.3, -0.25) is 0 Å². The van der Waals surface area contributed by atoms with E-state index in [1.807, 2.05) is 0 Å². The predicted molar refractivity (Wildman–Crippen MR) is 92.0 cm³/mol. The van der Waals surface area contributed by atoms with Crippen LogP contribution in [0.3, 0.4) is 0 Å². The highest BCUT2D eigenvalue weighted by Gasteiger charge is 2.15. The number of hydrogen-bond acceptors (Lipinski definition) is 3. The fourth-order valence-corrected chi connectivity index (χ4v) is 2.68. The molecule has 0 saturated carbocycles. The molecule has 0 radical (unpaired) electrons. The molecule has 0 saturated heterocycles. The first kappa shape index (κ1) is 15.2. The summed E-state index contributed by atoms with van der Waals surface area (Å²) in [7, 11) is 0. The third-order valence-electron chi connectivity index (χ3n) is 3.91. The summed E-state index contributed by atoms with van der Waals surface area (Å²) in [4.78, 5) is 9.14. The molecule has 5 heteroatoms. The average Bonchev–Trinajstić information content (AvgIpc) is 2.63. The molecule has 4 aromatic rings. The molecule has 0 unspecified atom stereocenters. The monoisotopic (exact) mass is 334 g/mol. The number of nitrogens with zero attached hydrogens (tertiary/aromatic N) is 2. The van der Waals surface area contributed by atoms with Crippen LogP contribution in [0.15, 0.2) is 66.7 Å². The molecule has 0 aliphatic carbocycles. The number of benzene rings is 3. The summed E-state index contributed by atoms with van der Waals surface area (Å²) in [5.41, 5.74) is 3.22. The second-order valence-electron chi connectivity index (χ2n) is 5.58. The predicted octanol–water partition coefficient (Wildman–Crippen LogP) is 4.95. The van der Waals surface area contributed by atoms with Crippen molar-refractivity contribution >= 4 is 11.0 Å². The maximum Gasteiger partial charge on any atom is 0.143 e. The molecule has 0 spiro atoms. The van der Waals surface area contributed by atoms with Crippen molar-refractivity contribution < 1.29 is 13.9 Å². The Bertz CT molecular complexity index is 1060. The van der Waals surface area contributed by atoms with Gasteiger partial charge in [0.1, 0.15) is 22.9 Å². The highest BCUT2D eigenvalue weighted by atomic mass is 19.1. The third-order valence-corrected chi connectivity index (χ3v) is 3.91. The lowest BCUT2D eigenvalue weighted by Gasteiger charge is -2.11. The largest absolute Gasteiger partial charge is 0.506 e. The van der Waals surface area contributed by atoms with Crippen molar-refractivity contribution in [2.24, 2.45) is 0 Å². The number of phenolic OH excluding ortho intramolecular Hbond substituents is 1. The second kappa shape index (κ2) is 5.94. The molecule has 25 heavy (non-hydrogen) atoms. The molecule has 3 nitrogen and oxygen atoms in total. The van der Waals surface area contributed by atoms with Gasteiger partial charge in [0.2, 0.25) is 0 Å². The number of rotatable bonds is 2. The second-order valence-corrected chi connectivity index (χ2v) is 5.58. The maximum atomic E-state index is 13.3. The first-order valence-electron chi connectivity index (χ1n) is 7.63. The third kappa shape index (κ3) is 2.80. The van der Waals surface area contributed by atoms with Crippen LogP contribution < -0.4 is 0 Å². The van der Waals surface area contributed by atoms with Crippen LogP contribution >= 0.6 is 0 Å². The number of aromatic hydroxyl groups is 1. The Balaban J connectivity index is 2.03. The highest BCUT2D eigenvalue weighted by Crippen LogP contribution is 2.33. The van der Waals surface area contributed by atoms with E-state index < -0.39 is 0 Å². The Morgan fingerprint density at radius 2 is 1.16 bits per heavy atom. The molecule has 0 aliphatic rings. The topological polar surface area (TPSA) is 46.0 Å². The van der Waals surface area contributed by atoms with E-state index in [0.29, 0.717) is 33.5 Å². The van der Waals surface area contributed by atoms with Crippen molar-refractivity contribution in [3.05, 3.63) is 78.4 Å². The van der Waals surface area contributed by atoms with Crippen molar-refractivity contribution in [1.29, 1.82) is 0 Å². The van der Waals surface area contributed by atoms with Crippen LogP contribution in [0.2, 0.25) is 0 Å². The Morgan fingerprint density at radius 1 is 0.640 bits per heavy atom. The molecule has 3 aromatic carbocycles. The fourth-order valence-electron chi connectivity index (χ4n) is 2.68. The lowest BCUT2D eigenvalue weighted by Crippen LogP contribution is -1.96. The molecule has 0 aliphatic heterocycles. The quantitative estimate of drug-likeness (QED) is 0.564. The lowest BCUT2D eigenvalue weighted by atomic mass is 10.0. The zero-order chi connectivity index (χ0) is 17.4. The summed E-state index contributed by atoms with van der Waals surface area (Å²) in [5, 5.41) is 10.1. The minimum absolute atomic E-state index is 0.0130. The van der Waals surface area contributed by atoms with Crippen molar-refractivity contribution in [3.8, 4) is 28.3 Å². The van der Waals surface area contributed by atoms with Crippen molar-refractivity contribution in [2.45, 2.75) is 0 Å². The molecule has 1 heterocycles. The van der Waals surface area contributed by atoms with E-state index in [0.717, 1.165) is 0 Å². The van der Waals surface area contributed by atoms with E-state index in [9.17, 15) is 13.9 Å². The minimum Gasteiger partial charge on any atom is -0.506 e. The number of para-hydroxylation sites is 1. The fraction of sp³-hybridized carbons (Fsp3) is 0. The van der Waals surface area contributed by atoms with Crippen LogP contribution in [0.25, 0.3) is 33.5 Å². The van der Waals surface area contributed by atoms with E-state index in [4.69, 9.17) is 0 Å². The van der Waals surface area contributed by atoms with Gasteiger partial charge in [-0.05, 0) is 60.7 Å². The SMILES string of the molecule is Oc1cccc2nc(-c3ccc(F)cc3)c(-c3ccc(F)cc3)nc12. The van der Waals surface area contributed by atoms with Crippen molar-refractivity contribution in [1.82, 2.24) is 9.97 Å². The first-order valence-corrected chi connectivity index (χ1v) is 7.63. The van der Waals surface area contributed by atoms with E-state index in [2.05, 4.69) is 9.97 Å². The van der Waals surface area contributed by atoms with Crippen LogP contribution in [0.4, 0.5) is 8.78 Å². The van der Waals surface area contributed by atoms with Gasteiger partial charge in [-0.2, -0.15) is 0 Å². The van der Waals surface area contributed by atoms with Crippen molar-refractivity contribution in [2.75, 3.05) is 0 Å². The number of aromatic nitrogens is 2. The van der Waals surface area contributed by atoms with Gasteiger partial charge in [0, 0.05) is 11.1 Å². The molecule has 0 fully saturated rings. The normalized spacial score (nSPS) is 11.0. The Kier molecular flexibility index (Phi) is 3.61. The molecule has 1 aromatic heterocycles. The highest BCUT2D eigenvalue weighted by molar-refractivity contribution is 5.88. The van der Waals surface area contributed by atoms with E-state index >= 15 is 0 Å². The molecule has 122 valence electrons. The summed E-state index contributed by atoms with van der Waals surface area (Å²) >= 11 is 0. The molecular weight excluding hydrogens is 322 g/mol. The zero-order valence-corrected chi connectivity index (χ0v) is 12.9. The average molecular weight is 334 g/mol. The van der Waals surface area contributed by atoms with Crippen molar-refractivity contribution in [3.63, 3.8) is 0 Å². The number of fused-ring (bicyclic) bond motifs is 1. The standard InChI is InChI=1S/C20H12F2N2O/c21-14-8-4-12(5-9-14)18-19(13-6-10-15(22)11-7-13)24-20-16(23-18)2-1-3-17(20)25/h1-11,25H. The van der Waals surface area contributed by atoms with Gasteiger partial charge in [0.15, 0.2) is 0 Å². The van der Waals surface area contributed by atoms with E-state index in [-0.39, 0.29) is 17.4 Å². The lowest BCUT2D eigenvalue weighted by molar-refractivity contribution is 0.480. The summed E-state index contributed by atoms with van der Waals surface area (Å²) in [5.74, 6) is -0.693. The maximum absolute atomic E-state index is 13.3. The van der Waals surface area contributed by atoms with Crippen LogP contribution in [0.1, 0.15) is 0 Å². The Labute approximate surface area is 142 Å². The van der Waals surface area contributed by atoms with E-state index in [1.54, 1.807) is 36.4 Å². The van der Waals surface area contributed by atoms with Crippen LogP contribution in [0.5, 0.6) is 5.75 Å². The van der Waals surface area contributed by atoms with Gasteiger partial charge < -0.3 is 5.11 Å². The number of phenols is 1. The Morgan fingerprint density at radius 3 is 1.72 bits per heavy atom. The van der Waals surface area contributed by atoms with E-state index in [1.165, 1.54) is 30.3 Å². The molecule has 1 N–H and O–H groups in total. The van der Waals surface area contributed by atoms with Gasteiger partial charge in [0.05, 0.1) is 16.9 Å². The van der Waals surface area contributed by atoms with Gasteiger partial charge in [-0.25, -0.2) is 18.7 Å². The summed E-state index contributed by atoms with van der Waals surface area (Å²) in [6.45, 7) is 0. The molecule has 0 atom stereocenters. The number of halogens is 2. The molecule has 0 amide bonds. The summed E-state index contributed by atoms with van der Waals surface area (Å²) < 4.78 is 26.5. The van der Waals surface area contributed by atoms with Gasteiger partial charge in [0.25, 0.3) is 0 Å².